The van der Waals surface area contributed by atoms with Crippen LogP contribution in [0.25, 0.3) is 0 Å². The minimum absolute atomic E-state index is 0.211. The number of ether oxygens (including phenoxy) is 2. The molecule has 1 aliphatic heterocycles. The maximum absolute atomic E-state index is 5.95. The van der Waals surface area contributed by atoms with Crippen molar-refractivity contribution in [3.8, 4) is 17.4 Å². The van der Waals surface area contributed by atoms with E-state index in [0.717, 1.165) is 17.7 Å². The van der Waals surface area contributed by atoms with E-state index in [1.54, 1.807) is 6.07 Å². The van der Waals surface area contributed by atoms with Gasteiger partial charge in [-0.25, -0.2) is 15.8 Å². The van der Waals surface area contributed by atoms with Crippen LogP contribution in [0.3, 0.4) is 0 Å². The SMILES string of the molecule is CC1(C)Cc2cccc(Oc3cc(NN)ncn3)c2O1. The quantitative estimate of drug-likeness (QED) is 0.659. The largest absolute Gasteiger partial charge is 0.483 e. The minimum atomic E-state index is -0.211. The van der Waals surface area contributed by atoms with Crippen LogP contribution in [0.15, 0.2) is 30.6 Å². The van der Waals surface area contributed by atoms with E-state index >= 15 is 0 Å². The number of hydrogen-bond donors (Lipinski definition) is 2. The van der Waals surface area contributed by atoms with Crippen LogP contribution in [-0.2, 0) is 6.42 Å². The van der Waals surface area contributed by atoms with Gasteiger partial charge in [-0.15, -0.1) is 0 Å². The molecular formula is C14H16N4O2. The average Bonchev–Trinajstić information content (AvgIpc) is 2.74. The van der Waals surface area contributed by atoms with Crippen LogP contribution in [0.1, 0.15) is 19.4 Å². The fraction of sp³-hybridized carbons (Fsp3) is 0.286. The molecule has 0 fully saturated rings. The van der Waals surface area contributed by atoms with Gasteiger partial charge in [-0.1, -0.05) is 12.1 Å². The molecule has 20 heavy (non-hydrogen) atoms. The molecule has 0 aliphatic carbocycles. The molecule has 2 heterocycles. The number of benzene rings is 1. The maximum atomic E-state index is 5.95. The smallest absolute Gasteiger partial charge is 0.224 e. The number of hydrogen-bond acceptors (Lipinski definition) is 6. The molecule has 0 atom stereocenters. The van der Waals surface area contributed by atoms with Crippen molar-refractivity contribution in [3.63, 3.8) is 0 Å². The van der Waals surface area contributed by atoms with Gasteiger partial charge in [-0.05, 0) is 19.9 Å². The molecule has 1 aliphatic rings. The number of nitrogens with zero attached hydrogens (tertiary/aromatic N) is 2. The van der Waals surface area contributed by atoms with Crippen LogP contribution in [0.2, 0.25) is 0 Å². The zero-order valence-corrected chi connectivity index (χ0v) is 11.4. The Bertz CT molecular complexity index is 643. The molecule has 3 rings (SSSR count). The number of aromatic nitrogens is 2. The lowest BCUT2D eigenvalue weighted by Gasteiger charge is -2.18. The molecule has 6 heteroatoms. The van der Waals surface area contributed by atoms with E-state index < -0.39 is 0 Å². The normalized spacial score (nSPS) is 15.3. The highest BCUT2D eigenvalue weighted by Crippen LogP contribution is 2.43. The van der Waals surface area contributed by atoms with Crippen molar-refractivity contribution < 1.29 is 9.47 Å². The Morgan fingerprint density at radius 3 is 3.00 bits per heavy atom. The minimum Gasteiger partial charge on any atom is -0.483 e. The topological polar surface area (TPSA) is 82.3 Å². The van der Waals surface area contributed by atoms with Gasteiger partial charge < -0.3 is 14.9 Å². The molecule has 1 aromatic heterocycles. The molecule has 2 aromatic rings. The highest BCUT2D eigenvalue weighted by atomic mass is 16.5. The summed E-state index contributed by atoms with van der Waals surface area (Å²) >= 11 is 0. The first-order valence-corrected chi connectivity index (χ1v) is 6.35. The second-order valence-electron chi connectivity index (χ2n) is 5.27. The molecule has 6 nitrogen and oxygen atoms in total. The number of hydrazine groups is 1. The van der Waals surface area contributed by atoms with Crippen LogP contribution >= 0.6 is 0 Å². The summed E-state index contributed by atoms with van der Waals surface area (Å²) in [5.74, 6) is 7.64. The first-order valence-electron chi connectivity index (χ1n) is 6.35. The third-order valence-electron chi connectivity index (χ3n) is 3.06. The van der Waals surface area contributed by atoms with Crippen molar-refractivity contribution >= 4 is 5.82 Å². The molecule has 0 amide bonds. The molecule has 0 saturated heterocycles. The van der Waals surface area contributed by atoms with Crippen LogP contribution in [0.4, 0.5) is 5.82 Å². The molecule has 0 saturated carbocycles. The Labute approximate surface area is 116 Å². The first-order chi connectivity index (χ1) is 9.57. The van der Waals surface area contributed by atoms with E-state index in [2.05, 4.69) is 29.2 Å². The zero-order chi connectivity index (χ0) is 14.2. The van der Waals surface area contributed by atoms with Crippen molar-refractivity contribution in [2.45, 2.75) is 25.9 Å². The summed E-state index contributed by atoms with van der Waals surface area (Å²) in [4.78, 5) is 8.00. The fourth-order valence-electron chi connectivity index (χ4n) is 2.25. The summed E-state index contributed by atoms with van der Waals surface area (Å²) in [5, 5.41) is 0. The predicted octanol–water partition coefficient (Wildman–Crippen LogP) is 2.27. The van der Waals surface area contributed by atoms with Crippen molar-refractivity contribution in [2.75, 3.05) is 5.43 Å². The molecule has 104 valence electrons. The second-order valence-corrected chi connectivity index (χ2v) is 5.27. The van der Waals surface area contributed by atoms with Crippen molar-refractivity contribution in [1.82, 2.24) is 9.97 Å². The van der Waals surface area contributed by atoms with Gasteiger partial charge in [0.15, 0.2) is 11.5 Å². The van der Waals surface area contributed by atoms with Gasteiger partial charge in [-0.3, -0.25) is 0 Å². The Hall–Kier alpha value is -2.34. The van der Waals surface area contributed by atoms with E-state index in [-0.39, 0.29) is 5.60 Å². The van der Waals surface area contributed by atoms with Crippen LogP contribution in [0, 0.1) is 0 Å². The number of anilines is 1. The summed E-state index contributed by atoms with van der Waals surface area (Å²) in [7, 11) is 0. The zero-order valence-electron chi connectivity index (χ0n) is 11.4. The first kappa shape index (κ1) is 12.7. The average molecular weight is 272 g/mol. The fourth-order valence-corrected chi connectivity index (χ4v) is 2.25. The van der Waals surface area contributed by atoms with Gasteiger partial charge >= 0.3 is 0 Å². The second kappa shape index (κ2) is 4.64. The van der Waals surface area contributed by atoms with Gasteiger partial charge in [0.25, 0.3) is 0 Å². The number of nitrogens with one attached hydrogen (secondary N) is 1. The Balaban J connectivity index is 1.91. The molecule has 3 N–H and O–H groups in total. The van der Waals surface area contributed by atoms with Crippen molar-refractivity contribution in [2.24, 2.45) is 5.84 Å². The van der Waals surface area contributed by atoms with Gasteiger partial charge in [0.1, 0.15) is 17.7 Å². The summed E-state index contributed by atoms with van der Waals surface area (Å²) < 4.78 is 11.7. The molecular weight excluding hydrogens is 256 g/mol. The highest BCUT2D eigenvalue weighted by Gasteiger charge is 2.32. The molecule has 0 spiro atoms. The van der Waals surface area contributed by atoms with E-state index in [4.69, 9.17) is 15.3 Å². The Kier molecular flexibility index (Phi) is 2.94. The van der Waals surface area contributed by atoms with Gasteiger partial charge in [-0.2, -0.15) is 0 Å². The van der Waals surface area contributed by atoms with E-state index in [0.29, 0.717) is 17.4 Å². The molecule has 0 bridgehead atoms. The van der Waals surface area contributed by atoms with Crippen molar-refractivity contribution in [3.05, 3.63) is 36.2 Å². The summed E-state index contributed by atoms with van der Waals surface area (Å²) in [6.07, 6.45) is 2.25. The van der Waals surface area contributed by atoms with Gasteiger partial charge in [0.2, 0.25) is 5.88 Å². The molecule has 0 radical (unpaired) electrons. The number of para-hydroxylation sites is 1. The lowest BCUT2D eigenvalue weighted by Crippen LogP contribution is -2.24. The van der Waals surface area contributed by atoms with E-state index in [1.807, 2.05) is 18.2 Å². The van der Waals surface area contributed by atoms with E-state index in [1.165, 1.54) is 6.33 Å². The monoisotopic (exact) mass is 272 g/mol. The van der Waals surface area contributed by atoms with Crippen molar-refractivity contribution in [1.29, 1.82) is 0 Å². The highest BCUT2D eigenvalue weighted by molar-refractivity contribution is 5.51. The summed E-state index contributed by atoms with van der Waals surface area (Å²) in [5.41, 5.74) is 3.38. The number of nitrogen functional groups attached to an aromatic ring is 1. The molecule has 0 unspecified atom stereocenters. The van der Waals surface area contributed by atoms with Gasteiger partial charge in [0, 0.05) is 18.1 Å². The Morgan fingerprint density at radius 1 is 1.35 bits per heavy atom. The van der Waals surface area contributed by atoms with Crippen LogP contribution in [0.5, 0.6) is 17.4 Å². The third-order valence-corrected chi connectivity index (χ3v) is 3.06. The third kappa shape index (κ3) is 2.37. The summed E-state index contributed by atoms with van der Waals surface area (Å²) in [6, 6.07) is 7.48. The number of rotatable bonds is 3. The molecule has 1 aromatic carbocycles. The number of fused-ring (bicyclic) bond motifs is 1. The maximum Gasteiger partial charge on any atom is 0.224 e. The predicted molar refractivity (Wildman–Crippen MR) is 74.8 cm³/mol. The lowest BCUT2D eigenvalue weighted by atomic mass is 10.0. The standard InChI is InChI=1S/C14H16N4O2/c1-14(2)7-9-4-3-5-10(13(9)20-14)19-12-6-11(18-15)16-8-17-12/h3-6,8H,7,15H2,1-2H3,(H,16,17,18). The van der Waals surface area contributed by atoms with Gasteiger partial charge in [0.05, 0.1) is 0 Å². The Morgan fingerprint density at radius 2 is 2.20 bits per heavy atom. The van der Waals surface area contributed by atoms with Crippen LogP contribution in [-0.4, -0.2) is 15.6 Å². The summed E-state index contributed by atoms with van der Waals surface area (Å²) in [6.45, 7) is 4.11. The number of nitrogens with two attached hydrogens (primary N) is 1. The van der Waals surface area contributed by atoms with Crippen LogP contribution < -0.4 is 20.7 Å². The van der Waals surface area contributed by atoms with E-state index in [9.17, 15) is 0 Å². The lowest BCUT2D eigenvalue weighted by molar-refractivity contribution is 0.135.